The molecule has 0 saturated heterocycles. The average molecular weight is 427 g/mol. The third-order valence-electron chi connectivity index (χ3n) is 4.79. The lowest BCUT2D eigenvalue weighted by Gasteiger charge is -2.25. The van der Waals surface area contributed by atoms with E-state index in [1.165, 1.54) is 5.01 Å². The van der Waals surface area contributed by atoms with Gasteiger partial charge in [-0.25, -0.2) is 5.01 Å². The van der Waals surface area contributed by atoms with Crippen molar-refractivity contribution in [3.63, 3.8) is 0 Å². The van der Waals surface area contributed by atoms with E-state index in [0.717, 1.165) is 17.0 Å². The quantitative estimate of drug-likeness (QED) is 0.736. The Labute approximate surface area is 182 Å². The lowest BCUT2D eigenvalue weighted by Crippen LogP contribution is -2.46. The highest BCUT2D eigenvalue weighted by atomic mass is 16.5. The molecule has 0 spiro atoms. The minimum Gasteiger partial charge on any atom is -0.497 e. The number of methoxy groups -OCH3 is 1. The number of carbonyl (C=O) groups is 2. The molecule has 3 rings (SSSR count). The van der Waals surface area contributed by atoms with Gasteiger partial charge in [0.15, 0.2) is 0 Å². The van der Waals surface area contributed by atoms with Gasteiger partial charge in [-0.2, -0.15) is 5.10 Å². The molecule has 31 heavy (non-hydrogen) atoms. The van der Waals surface area contributed by atoms with Crippen LogP contribution < -0.4 is 10.1 Å². The monoisotopic (exact) mass is 426 g/mol. The second kappa shape index (κ2) is 9.34. The number of furan rings is 1. The summed E-state index contributed by atoms with van der Waals surface area (Å²) in [6.45, 7) is 5.95. The molecular formula is C23H30N4O4. The largest absolute Gasteiger partial charge is 0.497 e. The predicted molar refractivity (Wildman–Crippen MR) is 118 cm³/mol. The third kappa shape index (κ3) is 5.95. The van der Waals surface area contributed by atoms with Gasteiger partial charge >= 0.3 is 0 Å². The van der Waals surface area contributed by atoms with Gasteiger partial charge in [-0.1, -0.05) is 0 Å². The molecule has 166 valence electrons. The first kappa shape index (κ1) is 22.6. The van der Waals surface area contributed by atoms with Crippen LogP contribution in [0.4, 0.5) is 0 Å². The molecule has 8 heteroatoms. The van der Waals surface area contributed by atoms with E-state index in [1.807, 2.05) is 51.1 Å². The molecule has 0 aliphatic carbocycles. The smallest absolute Gasteiger partial charge is 0.257 e. The van der Waals surface area contributed by atoms with Crippen molar-refractivity contribution < 1.29 is 18.7 Å². The lowest BCUT2D eigenvalue weighted by molar-refractivity contribution is -0.134. The van der Waals surface area contributed by atoms with Crippen molar-refractivity contribution in [1.29, 1.82) is 0 Å². The third-order valence-corrected chi connectivity index (χ3v) is 4.79. The van der Waals surface area contributed by atoms with Crippen LogP contribution in [0.1, 0.15) is 44.6 Å². The van der Waals surface area contributed by atoms with Crippen LogP contribution in [-0.2, 0) is 9.59 Å². The van der Waals surface area contributed by atoms with Crippen LogP contribution >= 0.6 is 0 Å². The Morgan fingerprint density at radius 3 is 2.52 bits per heavy atom. The number of ether oxygens (including phenoxy) is 1. The van der Waals surface area contributed by atoms with Crippen LogP contribution in [0.15, 0.2) is 52.2 Å². The van der Waals surface area contributed by atoms with Crippen LogP contribution in [0.2, 0.25) is 0 Å². The molecule has 0 bridgehead atoms. The van der Waals surface area contributed by atoms with E-state index in [4.69, 9.17) is 9.15 Å². The zero-order chi connectivity index (χ0) is 22.6. The van der Waals surface area contributed by atoms with Crippen molar-refractivity contribution >= 4 is 17.5 Å². The molecule has 0 saturated carbocycles. The number of carbonyl (C=O) groups excluding carboxylic acids is 2. The number of likely N-dealkylation sites (N-methyl/N-ethyl adjacent to an activating group) is 1. The van der Waals surface area contributed by atoms with E-state index in [9.17, 15) is 9.59 Å². The first-order valence-electron chi connectivity index (χ1n) is 10.2. The predicted octanol–water partition coefficient (Wildman–Crippen LogP) is 2.81. The van der Waals surface area contributed by atoms with E-state index in [0.29, 0.717) is 12.2 Å². The zero-order valence-corrected chi connectivity index (χ0v) is 18.7. The number of hydrazone groups is 1. The van der Waals surface area contributed by atoms with Gasteiger partial charge in [-0.15, -0.1) is 0 Å². The van der Waals surface area contributed by atoms with Crippen LogP contribution in [0.5, 0.6) is 5.75 Å². The van der Waals surface area contributed by atoms with Crippen LogP contribution in [-0.4, -0.2) is 60.2 Å². The number of rotatable bonds is 7. The average Bonchev–Trinajstić information content (AvgIpc) is 3.36. The fraction of sp³-hybridized carbons (Fsp3) is 0.435. The number of amides is 2. The highest BCUT2D eigenvalue weighted by Gasteiger charge is 2.35. The second-order valence-electron chi connectivity index (χ2n) is 8.72. The second-order valence-corrected chi connectivity index (χ2v) is 8.72. The van der Waals surface area contributed by atoms with Gasteiger partial charge in [-0.3, -0.25) is 14.5 Å². The molecule has 1 atom stereocenters. The Hall–Kier alpha value is -3.13. The standard InChI is InChI=1S/C23H30N4O4/c1-23(2,3)24-21(28)14-26(4)15-22(29)27-19(20-7-6-12-31-20)13-18(25-27)16-8-10-17(30-5)11-9-16/h6-12,19H,13-15H2,1-5H3,(H,24,28)/t19-/m0/s1. The molecule has 2 aromatic rings. The molecule has 1 aliphatic rings. The SMILES string of the molecule is COc1ccc(C2=NN(C(=O)CN(C)CC(=O)NC(C)(C)C)[C@H](c3ccco3)C2)cc1. The summed E-state index contributed by atoms with van der Waals surface area (Å²) in [6, 6.07) is 10.9. The fourth-order valence-corrected chi connectivity index (χ4v) is 3.46. The van der Waals surface area contributed by atoms with Crippen molar-refractivity contribution in [3.05, 3.63) is 54.0 Å². The van der Waals surface area contributed by atoms with E-state index in [-0.39, 0.29) is 36.5 Å². The minimum absolute atomic E-state index is 0.0637. The van der Waals surface area contributed by atoms with E-state index in [2.05, 4.69) is 10.4 Å². The highest BCUT2D eigenvalue weighted by Crippen LogP contribution is 2.33. The molecule has 1 aromatic carbocycles. The Bertz CT molecular complexity index is 929. The van der Waals surface area contributed by atoms with Crippen molar-refractivity contribution in [2.24, 2.45) is 5.10 Å². The Morgan fingerprint density at radius 1 is 1.23 bits per heavy atom. The summed E-state index contributed by atoms with van der Waals surface area (Å²) in [6.07, 6.45) is 2.13. The summed E-state index contributed by atoms with van der Waals surface area (Å²) in [5, 5.41) is 8.99. The molecule has 1 aromatic heterocycles. The Kier molecular flexibility index (Phi) is 6.80. The number of hydrogen-bond acceptors (Lipinski definition) is 6. The van der Waals surface area contributed by atoms with E-state index in [1.54, 1.807) is 31.4 Å². The molecule has 0 unspecified atom stereocenters. The van der Waals surface area contributed by atoms with Gasteiger partial charge in [0, 0.05) is 12.0 Å². The maximum atomic E-state index is 13.1. The Morgan fingerprint density at radius 2 is 1.94 bits per heavy atom. The van der Waals surface area contributed by atoms with Crippen molar-refractivity contribution in [1.82, 2.24) is 15.2 Å². The maximum absolute atomic E-state index is 13.1. The molecule has 1 N–H and O–H groups in total. The van der Waals surface area contributed by atoms with Crippen LogP contribution in [0.25, 0.3) is 0 Å². The van der Waals surface area contributed by atoms with Crippen LogP contribution in [0.3, 0.4) is 0 Å². The van der Waals surface area contributed by atoms with E-state index >= 15 is 0 Å². The topological polar surface area (TPSA) is 87.4 Å². The van der Waals surface area contributed by atoms with Gasteiger partial charge < -0.3 is 14.5 Å². The number of nitrogens with one attached hydrogen (secondary N) is 1. The molecule has 2 amide bonds. The van der Waals surface area contributed by atoms with Crippen molar-refractivity contribution in [2.75, 3.05) is 27.2 Å². The molecule has 1 aliphatic heterocycles. The summed E-state index contributed by atoms with van der Waals surface area (Å²) in [7, 11) is 3.36. The summed E-state index contributed by atoms with van der Waals surface area (Å²) < 4.78 is 10.8. The highest BCUT2D eigenvalue weighted by molar-refractivity contribution is 6.03. The molecular weight excluding hydrogens is 396 g/mol. The van der Waals surface area contributed by atoms with Crippen molar-refractivity contribution in [3.8, 4) is 5.75 Å². The van der Waals surface area contributed by atoms with E-state index < -0.39 is 0 Å². The molecule has 0 fully saturated rings. The summed E-state index contributed by atoms with van der Waals surface area (Å²) in [5.41, 5.74) is 1.40. The first-order chi connectivity index (χ1) is 14.7. The lowest BCUT2D eigenvalue weighted by atomic mass is 10.0. The number of benzene rings is 1. The fourth-order valence-electron chi connectivity index (χ4n) is 3.46. The summed E-state index contributed by atoms with van der Waals surface area (Å²) in [5.74, 6) is 1.10. The first-order valence-corrected chi connectivity index (χ1v) is 10.2. The molecule has 2 heterocycles. The minimum atomic E-state index is -0.323. The van der Waals surface area contributed by atoms with Gasteiger partial charge in [-0.05, 0) is 69.8 Å². The van der Waals surface area contributed by atoms with Crippen molar-refractivity contribution in [2.45, 2.75) is 38.8 Å². The molecule has 8 nitrogen and oxygen atoms in total. The number of hydrogen-bond donors (Lipinski definition) is 1. The van der Waals surface area contributed by atoms with Gasteiger partial charge in [0.25, 0.3) is 5.91 Å². The van der Waals surface area contributed by atoms with Gasteiger partial charge in [0.05, 0.1) is 32.2 Å². The van der Waals surface area contributed by atoms with Gasteiger partial charge in [0.1, 0.15) is 17.6 Å². The summed E-state index contributed by atoms with van der Waals surface area (Å²) in [4.78, 5) is 27.0. The maximum Gasteiger partial charge on any atom is 0.257 e. The normalized spacial score (nSPS) is 16.4. The van der Waals surface area contributed by atoms with Gasteiger partial charge in [0.2, 0.25) is 5.91 Å². The summed E-state index contributed by atoms with van der Waals surface area (Å²) >= 11 is 0. The van der Waals surface area contributed by atoms with Crippen LogP contribution in [0, 0.1) is 0 Å². The zero-order valence-electron chi connectivity index (χ0n) is 18.7. The number of nitrogens with zero attached hydrogens (tertiary/aromatic N) is 3. The molecule has 0 radical (unpaired) electrons. The Balaban J connectivity index is 1.73.